The summed E-state index contributed by atoms with van der Waals surface area (Å²) >= 11 is 6.10. The lowest BCUT2D eigenvalue weighted by molar-refractivity contribution is -0.122. The number of hydrogen-bond donors (Lipinski definition) is 2. The zero-order valence-electron chi connectivity index (χ0n) is 9.74. The summed E-state index contributed by atoms with van der Waals surface area (Å²) in [6.07, 6.45) is 1.84. The number of carbonyl (C=O) groups excluding carboxylic acids is 1. The molecule has 3 nitrogen and oxygen atoms in total. The van der Waals surface area contributed by atoms with E-state index in [1.165, 1.54) is 0 Å². The second-order valence-electron chi connectivity index (χ2n) is 4.53. The zero-order valence-corrected chi connectivity index (χ0v) is 10.5. The standard InChI is InChI=1S/C13H16ClNO2/c1-8-4-2-6-10(12(8)14)15-13(17)9-5-3-7-11(9)16/h2,4,6,9,11,16H,3,5,7H2,1H3,(H,15,17). The highest BCUT2D eigenvalue weighted by Crippen LogP contribution is 2.29. The number of aliphatic hydroxyl groups excluding tert-OH is 1. The number of anilines is 1. The first-order chi connectivity index (χ1) is 8.09. The van der Waals surface area contributed by atoms with Crippen molar-refractivity contribution in [2.24, 2.45) is 5.92 Å². The van der Waals surface area contributed by atoms with E-state index in [2.05, 4.69) is 5.32 Å². The minimum atomic E-state index is -0.515. The van der Waals surface area contributed by atoms with E-state index in [0.717, 1.165) is 18.4 Å². The van der Waals surface area contributed by atoms with Crippen molar-refractivity contribution in [3.8, 4) is 0 Å². The van der Waals surface area contributed by atoms with Crippen LogP contribution in [0.15, 0.2) is 18.2 Å². The molecule has 2 unspecified atom stereocenters. The van der Waals surface area contributed by atoms with Gasteiger partial charge in [0, 0.05) is 0 Å². The van der Waals surface area contributed by atoms with Gasteiger partial charge in [-0.2, -0.15) is 0 Å². The van der Waals surface area contributed by atoms with Crippen LogP contribution in [0, 0.1) is 12.8 Å². The Bertz CT molecular complexity index is 433. The maximum Gasteiger partial charge on any atom is 0.230 e. The van der Waals surface area contributed by atoms with Gasteiger partial charge in [-0.15, -0.1) is 0 Å². The predicted octanol–water partition coefficient (Wildman–Crippen LogP) is 2.75. The number of nitrogens with one attached hydrogen (secondary N) is 1. The molecule has 0 spiro atoms. The molecule has 1 aliphatic carbocycles. The highest BCUT2D eigenvalue weighted by Gasteiger charge is 2.31. The molecule has 0 aromatic heterocycles. The molecule has 1 amide bonds. The quantitative estimate of drug-likeness (QED) is 0.852. The van der Waals surface area contributed by atoms with Crippen molar-refractivity contribution in [1.29, 1.82) is 0 Å². The molecule has 0 aliphatic heterocycles. The van der Waals surface area contributed by atoms with Crippen molar-refractivity contribution >= 4 is 23.2 Å². The Morgan fingerprint density at radius 1 is 1.47 bits per heavy atom. The molecule has 0 saturated heterocycles. The lowest BCUT2D eigenvalue weighted by atomic mass is 10.1. The molecule has 2 rings (SSSR count). The van der Waals surface area contributed by atoms with Gasteiger partial charge in [0.1, 0.15) is 0 Å². The van der Waals surface area contributed by atoms with E-state index in [1.807, 2.05) is 19.1 Å². The van der Waals surface area contributed by atoms with Crippen molar-refractivity contribution in [2.75, 3.05) is 5.32 Å². The first-order valence-electron chi connectivity index (χ1n) is 5.83. The SMILES string of the molecule is Cc1cccc(NC(=O)C2CCCC2O)c1Cl. The molecule has 4 heteroatoms. The summed E-state index contributed by atoms with van der Waals surface area (Å²) < 4.78 is 0. The van der Waals surface area contributed by atoms with Gasteiger partial charge >= 0.3 is 0 Å². The van der Waals surface area contributed by atoms with E-state index in [0.29, 0.717) is 17.1 Å². The number of halogens is 1. The van der Waals surface area contributed by atoms with Crippen molar-refractivity contribution < 1.29 is 9.90 Å². The lowest BCUT2D eigenvalue weighted by Gasteiger charge is -2.15. The van der Waals surface area contributed by atoms with Crippen LogP contribution in [-0.2, 0) is 4.79 Å². The normalized spacial score (nSPS) is 23.7. The summed E-state index contributed by atoms with van der Waals surface area (Å²) in [5, 5.41) is 13.0. The molecule has 1 aromatic carbocycles. The molecule has 2 atom stereocenters. The first-order valence-corrected chi connectivity index (χ1v) is 6.21. The fourth-order valence-electron chi connectivity index (χ4n) is 2.22. The summed E-state index contributed by atoms with van der Waals surface area (Å²) in [4.78, 5) is 12.0. The van der Waals surface area contributed by atoms with Crippen LogP contribution in [0.1, 0.15) is 24.8 Å². The Hall–Kier alpha value is -1.06. The summed E-state index contributed by atoms with van der Waals surface area (Å²) in [6, 6.07) is 5.51. The fourth-order valence-corrected chi connectivity index (χ4v) is 2.39. The molecule has 0 heterocycles. The highest BCUT2D eigenvalue weighted by atomic mass is 35.5. The Balaban J connectivity index is 2.10. The number of rotatable bonds is 2. The molecular formula is C13H16ClNO2. The maximum absolute atomic E-state index is 12.0. The molecule has 1 aliphatic rings. The van der Waals surface area contributed by atoms with Gasteiger partial charge in [-0.25, -0.2) is 0 Å². The molecular weight excluding hydrogens is 238 g/mol. The first kappa shape index (κ1) is 12.4. The molecule has 0 bridgehead atoms. The second kappa shape index (κ2) is 5.07. The average molecular weight is 254 g/mol. The smallest absolute Gasteiger partial charge is 0.230 e. The van der Waals surface area contributed by atoms with E-state index >= 15 is 0 Å². The van der Waals surface area contributed by atoms with Gasteiger partial charge in [-0.05, 0) is 37.8 Å². The maximum atomic E-state index is 12.0. The Labute approximate surface area is 106 Å². The predicted molar refractivity (Wildman–Crippen MR) is 68.2 cm³/mol. The van der Waals surface area contributed by atoms with Crippen LogP contribution in [0.25, 0.3) is 0 Å². The number of aliphatic hydroxyl groups is 1. The third-order valence-corrected chi connectivity index (χ3v) is 3.77. The van der Waals surface area contributed by atoms with Crippen LogP contribution >= 0.6 is 11.6 Å². The van der Waals surface area contributed by atoms with E-state index in [-0.39, 0.29) is 11.8 Å². The molecule has 92 valence electrons. The number of carbonyl (C=O) groups is 1. The largest absolute Gasteiger partial charge is 0.392 e. The minimum Gasteiger partial charge on any atom is -0.392 e. The highest BCUT2D eigenvalue weighted by molar-refractivity contribution is 6.34. The lowest BCUT2D eigenvalue weighted by Crippen LogP contribution is -2.28. The van der Waals surface area contributed by atoms with Gasteiger partial charge in [0.2, 0.25) is 5.91 Å². The van der Waals surface area contributed by atoms with Crippen molar-refractivity contribution in [3.05, 3.63) is 28.8 Å². The third kappa shape index (κ3) is 2.61. The second-order valence-corrected chi connectivity index (χ2v) is 4.91. The molecule has 17 heavy (non-hydrogen) atoms. The summed E-state index contributed by atoms with van der Waals surface area (Å²) in [5.74, 6) is -0.436. The van der Waals surface area contributed by atoms with Gasteiger partial charge in [0.05, 0.1) is 22.7 Å². The number of benzene rings is 1. The zero-order chi connectivity index (χ0) is 12.4. The number of hydrogen-bond acceptors (Lipinski definition) is 2. The van der Waals surface area contributed by atoms with Gasteiger partial charge in [0.25, 0.3) is 0 Å². The minimum absolute atomic E-state index is 0.137. The topological polar surface area (TPSA) is 49.3 Å². The monoisotopic (exact) mass is 253 g/mol. The number of aryl methyl sites for hydroxylation is 1. The van der Waals surface area contributed by atoms with E-state index < -0.39 is 6.10 Å². The summed E-state index contributed by atoms with van der Waals surface area (Å²) in [5.41, 5.74) is 1.55. The van der Waals surface area contributed by atoms with Crippen molar-refractivity contribution in [3.63, 3.8) is 0 Å². The molecule has 1 aromatic rings. The molecule has 2 N–H and O–H groups in total. The van der Waals surface area contributed by atoms with Gasteiger partial charge < -0.3 is 10.4 Å². The molecule has 1 saturated carbocycles. The molecule has 1 fully saturated rings. The summed E-state index contributed by atoms with van der Waals surface area (Å²) in [6.45, 7) is 1.89. The Morgan fingerprint density at radius 2 is 2.24 bits per heavy atom. The van der Waals surface area contributed by atoms with Gasteiger partial charge in [-0.1, -0.05) is 23.7 Å². The number of amides is 1. The van der Waals surface area contributed by atoms with Crippen molar-refractivity contribution in [1.82, 2.24) is 0 Å². The van der Waals surface area contributed by atoms with Crippen LogP contribution in [0.5, 0.6) is 0 Å². The van der Waals surface area contributed by atoms with Crippen LogP contribution in [0.4, 0.5) is 5.69 Å². The van der Waals surface area contributed by atoms with E-state index in [4.69, 9.17) is 11.6 Å². The van der Waals surface area contributed by atoms with Crippen LogP contribution < -0.4 is 5.32 Å². The third-order valence-electron chi connectivity index (χ3n) is 3.27. The van der Waals surface area contributed by atoms with E-state index in [9.17, 15) is 9.90 Å². The Kier molecular flexibility index (Phi) is 3.69. The van der Waals surface area contributed by atoms with Crippen molar-refractivity contribution in [2.45, 2.75) is 32.3 Å². The van der Waals surface area contributed by atoms with Crippen LogP contribution in [-0.4, -0.2) is 17.1 Å². The fraction of sp³-hybridized carbons (Fsp3) is 0.462. The van der Waals surface area contributed by atoms with Gasteiger partial charge in [-0.3, -0.25) is 4.79 Å². The van der Waals surface area contributed by atoms with E-state index in [1.54, 1.807) is 6.07 Å². The summed E-state index contributed by atoms with van der Waals surface area (Å²) in [7, 11) is 0. The van der Waals surface area contributed by atoms with Crippen LogP contribution in [0.3, 0.4) is 0 Å². The van der Waals surface area contributed by atoms with Gasteiger partial charge in [0.15, 0.2) is 0 Å². The molecule has 0 radical (unpaired) electrons. The Morgan fingerprint density at radius 3 is 2.88 bits per heavy atom. The van der Waals surface area contributed by atoms with Crippen LogP contribution in [0.2, 0.25) is 5.02 Å². The average Bonchev–Trinajstić information content (AvgIpc) is 2.71.